The lowest BCUT2D eigenvalue weighted by molar-refractivity contribution is -0.133. The van der Waals surface area contributed by atoms with Crippen LogP contribution in [0, 0.1) is 11.8 Å². The molecule has 1 atom stereocenters. The SMILES string of the molecule is CC(C)C1CN(Cc2ccncc2)CCC(=O)N1CC1CC1. The minimum absolute atomic E-state index is 0.345. The molecule has 1 saturated carbocycles. The van der Waals surface area contributed by atoms with Crippen LogP contribution in [0.1, 0.15) is 38.7 Å². The molecule has 2 aliphatic rings. The Bertz CT molecular complexity index is 498. The number of hydrogen-bond donors (Lipinski definition) is 0. The Morgan fingerprint density at radius 1 is 1.27 bits per heavy atom. The molecule has 0 radical (unpaired) electrons. The van der Waals surface area contributed by atoms with Gasteiger partial charge >= 0.3 is 0 Å². The lowest BCUT2D eigenvalue weighted by atomic mass is 10.0. The van der Waals surface area contributed by atoms with Crippen LogP contribution in [0.25, 0.3) is 0 Å². The van der Waals surface area contributed by atoms with Crippen molar-refractivity contribution < 1.29 is 4.79 Å². The van der Waals surface area contributed by atoms with Crippen LogP contribution in [0.15, 0.2) is 24.5 Å². The predicted molar refractivity (Wildman–Crippen MR) is 87.2 cm³/mol. The summed E-state index contributed by atoms with van der Waals surface area (Å²) in [7, 11) is 0. The van der Waals surface area contributed by atoms with E-state index in [1.807, 2.05) is 12.4 Å². The van der Waals surface area contributed by atoms with Gasteiger partial charge in [0.25, 0.3) is 0 Å². The molecular formula is C18H27N3O. The van der Waals surface area contributed by atoms with Gasteiger partial charge in [0.05, 0.1) is 0 Å². The molecule has 2 heterocycles. The smallest absolute Gasteiger partial charge is 0.224 e. The molecule has 4 nitrogen and oxygen atoms in total. The van der Waals surface area contributed by atoms with Crippen molar-refractivity contribution >= 4 is 5.91 Å². The number of hydrogen-bond acceptors (Lipinski definition) is 3. The summed E-state index contributed by atoms with van der Waals surface area (Å²) < 4.78 is 0. The van der Waals surface area contributed by atoms with Crippen molar-refractivity contribution in [2.75, 3.05) is 19.6 Å². The number of aromatic nitrogens is 1. The Kier molecular flexibility index (Phi) is 4.77. The normalized spacial score (nSPS) is 23.9. The van der Waals surface area contributed by atoms with Crippen molar-refractivity contribution in [2.24, 2.45) is 11.8 Å². The summed E-state index contributed by atoms with van der Waals surface area (Å²) in [5.74, 6) is 1.61. The zero-order valence-corrected chi connectivity index (χ0v) is 13.7. The fourth-order valence-corrected chi connectivity index (χ4v) is 3.31. The molecule has 0 aromatic carbocycles. The van der Waals surface area contributed by atoms with E-state index in [4.69, 9.17) is 0 Å². The van der Waals surface area contributed by atoms with Gasteiger partial charge in [0.1, 0.15) is 0 Å². The van der Waals surface area contributed by atoms with Gasteiger partial charge in [0.15, 0.2) is 0 Å². The number of carbonyl (C=O) groups excluding carboxylic acids is 1. The minimum atomic E-state index is 0.345. The van der Waals surface area contributed by atoms with E-state index < -0.39 is 0 Å². The first-order chi connectivity index (χ1) is 10.6. The monoisotopic (exact) mass is 301 g/mol. The number of amides is 1. The molecule has 0 bridgehead atoms. The van der Waals surface area contributed by atoms with Crippen LogP contribution in [-0.2, 0) is 11.3 Å². The Labute approximate surface area is 133 Å². The maximum absolute atomic E-state index is 12.6. The average molecular weight is 301 g/mol. The van der Waals surface area contributed by atoms with E-state index in [-0.39, 0.29) is 0 Å². The lowest BCUT2D eigenvalue weighted by Gasteiger charge is -2.35. The summed E-state index contributed by atoms with van der Waals surface area (Å²) >= 11 is 0. The largest absolute Gasteiger partial charge is 0.338 e. The molecule has 1 amide bonds. The first-order valence-corrected chi connectivity index (χ1v) is 8.54. The maximum atomic E-state index is 12.6. The van der Waals surface area contributed by atoms with Gasteiger partial charge in [-0.1, -0.05) is 13.8 Å². The third kappa shape index (κ3) is 3.86. The molecule has 4 heteroatoms. The second-order valence-corrected chi connectivity index (χ2v) is 7.14. The average Bonchev–Trinajstić information content (AvgIpc) is 3.33. The van der Waals surface area contributed by atoms with Crippen LogP contribution in [0.3, 0.4) is 0 Å². The van der Waals surface area contributed by atoms with Gasteiger partial charge in [-0.2, -0.15) is 0 Å². The molecule has 1 aliphatic carbocycles. The van der Waals surface area contributed by atoms with Crippen LogP contribution >= 0.6 is 0 Å². The van der Waals surface area contributed by atoms with E-state index in [0.29, 0.717) is 24.3 Å². The molecular weight excluding hydrogens is 274 g/mol. The summed E-state index contributed by atoms with van der Waals surface area (Å²) in [4.78, 5) is 21.3. The first kappa shape index (κ1) is 15.5. The zero-order valence-electron chi connectivity index (χ0n) is 13.7. The minimum Gasteiger partial charge on any atom is -0.338 e. The predicted octanol–water partition coefficient (Wildman–Crippen LogP) is 2.55. The molecule has 0 N–H and O–H groups in total. The number of pyridine rings is 1. The number of nitrogens with zero attached hydrogens (tertiary/aromatic N) is 3. The van der Waals surface area contributed by atoms with Crippen molar-refractivity contribution in [3.63, 3.8) is 0 Å². The van der Waals surface area contributed by atoms with E-state index in [0.717, 1.165) is 32.1 Å². The highest BCUT2D eigenvalue weighted by Gasteiger charge is 2.35. The molecule has 1 aromatic rings. The Balaban J connectivity index is 1.70. The third-order valence-corrected chi connectivity index (χ3v) is 4.88. The molecule has 0 spiro atoms. The Hall–Kier alpha value is -1.42. The summed E-state index contributed by atoms with van der Waals surface area (Å²) in [6, 6.07) is 4.48. The van der Waals surface area contributed by atoms with Crippen molar-refractivity contribution in [2.45, 2.75) is 45.7 Å². The fourth-order valence-electron chi connectivity index (χ4n) is 3.31. The van der Waals surface area contributed by atoms with Gasteiger partial charge in [0, 0.05) is 51.0 Å². The Morgan fingerprint density at radius 2 is 2.00 bits per heavy atom. The molecule has 3 rings (SSSR count). The maximum Gasteiger partial charge on any atom is 0.224 e. The van der Waals surface area contributed by atoms with Crippen molar-refractivity contribution in [1.82, 2.24) is 14.8 Å². The molecule has 2 fully saturated rings. The van der Waals surface area contributed by atoms with Gasteiger partial charge in [-0.3, -0.25) is 14.7 Å². The number of rotatable bonds is 5. The van der Waals surface area contributed by atoms with Crippen LogP contribution < -0.4 is 0 Å². The fraction of sp³-hybridized carbons (Fsp3) is 0.667. The quantitative estimate of drug-likeness (QED) is 0.838. The first-order valence-electron chi connectivity index (χ1n) is 8.54. The second kappa shape index (κ2) is 6.78. The van der Waals surface area contributed by atoms with Crippen LogP contribution in [0.5, 0.6) is 0 Å². The number of carbonyl (C=O) groups is 1. The van der Waals surface area contributed by atoms with Crippen molar-refractivity contribution in [3.8, 4) is 0 Å². The molecule has 1 aliphatic heterocycles. The van der Waals surface area contributed by atoms with Gasteiger partial charge in [-0.05, 0) is 42.4 Å². The summed E-state index contributed by atoms with van der Waals surface area (Å²) in [6.45, 7) is 8.23. The highest BCUT2D eigenvalue weighted by Crippen LogP contribution is 2.32. The summed E-state index contributed by atoms with van der Waals surface area (Å²) in [6.07, 6.45) is 6.95. The van der Waals surface area contributed by atoms with E-state index in [2.05, 4.69) is 40.8 Å². The molecule has 1 unspecified atom stereocenters. The van der Waals surface area contributed by atoms with Gasteiger partial charge in [-0.25, -0.2) is 0 Å². The Morgan fingerprint density at radius 3 is 2.64 bits per heavy atom. The van der Waals surface area contributed by atoms with E-state index in [1.54, 1.807) is 0 Å². The highest BCUT2D eigenvalue weighted by atomic mass is 16.2. The van der Waals surface area contributed by atoms with E-state index in [1.165, 1.54) is 18.4 Å². The third-order valence-electron chi connectivity index (χ3n) is 4.88. The lowest BCUT2D eigenvalue weighted by Crippen LogP contribution is -2.47. The topological polar surface area (TPSA) is 36.4 Å². The summed E-state index contributed by atoms with van der Waals surface area (Å²) in [5, 5.41) is 0. The standard InChI is InChI=1S/C18H27N3O/c1-14(2)17-13-20(11-16-5-8-19-9-6-16)10-7-18(22)21(17)12-15-3-4-15/h5-6,8-9,14-15,17H,3-4,7,10-13H2,1-2H3. The molecule has 1 saturated heterocycles. The molecule has 22 heavy (non-hydrogen) atoms. The van der Waals surface area contributed by atoms with Crippen molar-refractivity contribution in [1.29, 1.82) is 0 Å². The van der Waals surface area contributed by atoms with Crippen LogP contribution in [0.4, 0.5) is 0 Å². The zero-order chi connectivity index (χ0) is 15.5. The van der Waals surface area contributed by atoms with Crippen LogP contribution in [-0.4, -0.2) is 46.4 Å². The molecule has 120 valence electrons. The highest BCUT2D eigenvalue weighted by molar-refractivity contribution is 5.77. The van der Waals surface area contributed by atoms with Gasteiger partial charge in [0.2, 0.25) is 5.91 Å². The van der Waals surface area contributed by atoms with Gasteiger partial charge in [-0.15, -0.1) is 0 Å². The second-order valence-electron chi connectivity index (χ2n) is 7.14. The van der Waals surface area contributed by atoms with Gasteiger partial charge < -0.3 is 4.90 Å². The van der Waals surface area contributed by atoms with Crippen LogP contribution in [0.2, 0.25) is 0 Å². The summed E-state index contributed by atoms with van der Waals surface area (Å²) in [5.41, 5.74) is 1.28. The van der Waals surface area contributed by atoms with E-state index >= 15 is 0 Å². The van der Waals surface area contributed by atoms with Crippen molar-refractivity contribution in [3.05, 3.63) is 30.1 Å². The van der Waals surface area contributed by atoms with E-state index in [9.17, 15) is 4.79 Å². The molecule has 1 aromatic heterocycles.